The van der Waals surface area contributed by atoms with E-state index < -0.39 is 0 Å². The lowest BCUT2D eigenvalue weighted by Crippen LogP contribution is -2.40. The maximum atomic E-state index is 13.0. The Hall–Kier alpha value is -1.44. The standard InChI is InChI=1S/C16H18BrFN4O.ClH/c17-14-9-22(13-7-1-10(18)2-8-13)21-15(14)16(23)20-12-5-3-11(19)4-6-12;/h1-2,7-9,11-12H,3-6,19H2,(H,20,23);1H. The van der Waals surface area contributed by atoms with Gasteiger partial charge >= 0.3 is 0 Å². The fourth-order valence-corrected chi connectivity index (χ4v) is 3.20. The van der Waals surface area contributed by atoms with Gasteiger partial charge in [0.25, 0.3) is 5.91 Å². The van der Waals surface area contributed by atoms with Crippen molar-refractivity contribution in [3.63, 3.8) is 0 Å². The average Bonchev–Trinajstić information content (AvgIpc) is 2.92. The molecule has 5 nitrogen and oxygen atoms in total. The van der Waals surface area contributed by atoms with Crippen molar-refractivity contribution in [3.05, 3.63) is 46.4 Å². The number of aromatic nitrogens is 2. The van der Waals surface area contributed by atoms with Gasteiger partial charge in [-0.2, -0.15) is 5.10 Å². The molecule has 0 bridgehead atoms. The Balaban J connectivity index is 0.00000208. The first kappa shape index (κ1) is 18.9. The number of hydrogen-bond acceptors (Lipinski definition) is 3. The molecule has 0 atom stereocenters. The second-order valence-corrected chi connectivity index (χ2v) is 6.69. The zero-order valence-electron chi connectivity index (χ0n) is 12.9. The predicted octanol–water partition coefficient (Wildman–Crippen LogP) is 3.20. The quantitative estimate of drug-likeness (QED) is 0.805. The van der Waals surface area contributed by atoms with Crippen molar-refractivity contribution in [1.29, 1.82) is 0 Å². The Morgan fingerprint density at radius 2 is 1.88 bits per heavy atom. The van der Waals surface area contributed by atoms with Crippen LogP contribution in [0, 0.1) is 5.82 Å². The van der Waals surface area contributed by atoms with Crippen LogP contribution in [0.2, 0.25) is 0 Å². The lowest BCUT2D eigenvalue weighted by atomic mass is 9.92. The molecule has 1 fully saturated rings. The van der Waals surface area contributed by atoms with Gasteiger partial charge in [0.2, 0.25) is 0 Å². The Bertz CT molecular complexity index is 699. The van der Waals surface area contributed by atoms with E-state index in [1.165, 1.54) is 12.1 Å². The minimum Gasteiger partial charge on any atom is -0.348 e. The molecule has 24 heavy (non-hydrogen) atoms. The van der Waals surface area contributed by atoms with Gasteiger partial charge in [-0.25, -0.2) is 9.07 Å². The molecule has 0 radical (unpaired) electrons. The van der Waals surface area contributed by atoms with Gasteiger partial charge in [0.15, 0.2) is 5.69 Å². The van der Waals surface area contributed by atoms with E-state index in [1.807, 2.05) is 0 Å². The molecule has 1 amide bonds. The summed E-state index contributed by atoms with van der Waals surface area (Å²) in [5.74, 6) is -0.522. The van der Waals surface area contributed by atoms with Crippen molar-refractivity contribution >= 4 is 34.2 Å². The second-order valence-electron chi connectivity index (χ2n) is 5.83. The first-order valence-corrected chi connectivity index (χ1v) is 8.40. The summed E-state index contributed by atoms with van der Waals surface area (Å²) < 4.78 is 15.1. The summed E-state index contributed by atoms with van der Waals surface area (Å²) in [6.07, 6.45) is 5.33. The molecule has 8 heteroatoms. The molecule has 0 aliphatic heterocycles. The summed E-state index contributed by atoms with van der Waals surface area (Å²) in [5.41, 5.74) is 6.89. The highest BCUT2D eigenvalue weighted by Gasteiger charge is 2.23. The highest BCUT2D eigenvalue weighted by molar-refractivity contribution is 9.10. The van der Waals surface area contributed by atoms with Crippen LogP contribution >= 0.6 is 28.3 Å². The van der Waals surface area contributed by atoms with Crippen molar-refractivity contribution in [1.82, 2.24) is 15.1 Å². The molecule has 1 heterocycles. The molecule has 1 aromatic heterocycles. The van der Waals surface area contributed by atoms with Crippen molar-refractivity contribution in [2.24, 2.45) is 5.73 Å². The predicted molar refractivity (Wildman–Crippen MR) is 96.2 cm³/mol. The second kappa shape index (κ2) is 8.09. The minimum absolute atomic E-state index is 0. The molecule has 130 valence electrons. The number of amides is 1. The van der Waals surface area contributed by atoms with Crippen molar-refractivity contribution in [3.8, 4) is 5.69 Å². The van der Waals surface area contributed by atoms with Gasteiger partial charge in [-0.1, -0.05) is 0 Å². The average molecular weight is 418 g/mol. The molecule has 3 N–H and O–H groups in total. The molecule has 0 unspecified atom stereocenters. The highest BCUT2D eigenvalue weighted by Crippen LogP contribution is 2.21. The number of hydrogen-bond donors (Lipinski definition) is 2. The molecule has 2 aromatic rings. The summed E-state index contributed by atoms with van der Waals surface area (Å²) >= 11 is 3.37. The number of benzene rings is 1. The smallest absolute Gasteiger partial charge is 0.273 e. The van der Waals surface area contributed by atoms with Crippen LogP contribution in [0.25, 0.3) is 5.69 Å². The third-order valence-electron chi connectivity index (χ3n) is 4.08. The van der Waals surface area contributed by atoms with Gasteiger partial charge in [0.05, 0.1) is 10.2 Å². The third kappa shape index (κ3) is 4.34. The summed E-state index contributed by atoms with van der Waals surface area (Å²) in [7, 11) is 0. The summed E-state index contributed by atoms with van der Waals surface area (Å²) in [6.45, 7) is 0. The third-order valence-corrected chi connectivity index (χ3v) is 4.66. The highest BCUT2D eigenvalue weighted by atomic mass is 79.9. The van der Waals surface area contributed by atoms with Gasteiger partial charge in [-0.05, 0) is 65.9 Å². The monoisotopic (exact) mass is 416 g/mol. The van der Waals surface area contributed by atoms with E-state index in [2.05, 4.69) is 26.3 Å². The van der Waals surface area contributed by atoms with Gasteiger partial charge in [0.1, 0.15) is 5.82 Å². The van der Waals surface area contributed by atoms with Gasteiger partial charge < -0.3 is 11.1 Å². The molecule has 1 saturated carbocycles. The maximum absolute atomic E-state index is 13.0. The van der Waals surface area contributed by atoms with Crippen molar-refractivity contribution < 1.29 is 9.18 Å². The molecule has 0 saturated heterocycles. The van der Waals surface area contributed by atoms with Gasteiger partial charge in [0, 0.05) is 18.3 Å². The van der Waals surface area contributed by atoms with Crippen LogP contribution in [-0.4, -0.2) is 27.8 Å². The summed E-state index contributed by atoms with van der Waals surface area (Å²) in [5, 5.41) is 7.31. The lowest BCUT2D eigenvalue weighted by Gasteiger charge is -2.26. The molecule has 1 aromatic carbocycles. The maximum Gasteiger partial charge on any atom is 0.273 e. The van der Waals surface area contributed by atoms with Gasteiger partial charge in [-0.3, -0.25) is 4.79 Å². The number of nitrogens with two attached hydrogens (primary N) is 1. The van der Waals surface area contributed by atoms with Crippen LogP contribution in [0.15, 0.2) is 34.9 Å². The number of halogens is 3. The lowest BCUT2D eigenvalue weighted by molar-refractivity contribution is 0.0919. The number of nitrogens with zero attached hydrogens (tertiary/aromatic N) is 2. The zero-order chi connectivity index (χ0) is 16.4. The van der Waals surface area contributed by atoms with E-state index in [1.54, 1.807) is 23.0 Å². The number of carbonyl (C=O) groups is 1. The van der Waals surface area contributed by atoms with Crippen molar-refractivity contribution in [2.75, 3.05) is 0 Å². The van der Waals surface area contributed by atoms with E-state index in [9.17, 15) is 9.18 Å². The first-order chi connectivity index (χ1) is 11.0. The Labute approximate surface area is 154 Å². The molecule has 1 aliphatic rings. The van der Waals surface area contributed by atoms with Crippen LogP contribution in [0.1, 0.15) is 36.2 Å². The van der Waals surface area contributed by atoms with E-state index in [0.717, 1.165) is 25.7 Å². The number of carbonyl (C=O) groups excluding carboxylic acids is 1. The Morgan fingerprint density at radius 1 is 1.25 bits per heavy atom. The molecule has 0 spiro atoms. The summed E-state index contributed by atoms with van der Waals surface area (Å²) in [4.78, 5) is 12.4. The van der Waals surface area contributed by atoms with Crippen molar-refractivity contribution in [2.45, 2.75) is 37.8 Å². The van der Waals surface area contributed by atoms with Crippen LogP contribution < -0.4 is 11.1 Å². The van der Waals surface area contributed by atoms with Crippen LogP contribution in [-0.2, 0) is 0 Å². The molecular weight excluding hydrogens is 399 g/mol. The van der Waals surface area contributed by atoms with E-state index in [-0.39, 0.29) is 36.2 Å². The molecular formula is C16H19BrClFN4O. The summed E-state index contributed by atoms with van der Waals surface area (Å²) in [6, 6.07) is 6.32. The Kier molecular flexibility index (Phi) is 6.37. The zero-order valence-corrected chi connectivity index (χ0v) is 15.3. The van der Waals surface area contributed by atoms with Gasteiger partial charge in [-0.15, -0.1) is 12.4 Å². The largest absolute Gasteiger partial charge is 0.348 e. The Morgan fingerprint density at radius 3 is 2.50 bits per heavy atom. The topological polar surface area (TPSA) is 72.9 Å². The first-order valence-electron chi connectivity index (χ1n) is 7.60. The normalized spacial score (nSPS) is 20.3. The number of rotatable bonds is 3. The molecule has 3 rings (SSSR count). The fraction of sp³-hybridized carbons (Fsp3) is 0.375. The van der Waals surface area contributed by atoms with E-state index in [4.69, 9.17) is 5.73 Å². The number of nitrogens with one attached hydrogen (secondary N) is 1. The van der Waals surface area contributed by atoms with E-state index >= 15 is 0 Å². The minimum atomic E-state index is -0.312. The SMILES string of the molecule is Cl.NC1CCC(NC(=O)c2nn(-c3ccc(F)cc3)cc2Br)CC1. The van der Waals surface area contributed by atoms with E-state index in [0.29, 0.717) is 15.9 Å². The fourth-order valence-electron chi connectivity index (χ4n) is 2.75. The molecule has 1 aliphatic carbocycles. The van der Waals surface area contributed by atoms with Crippen LogP contribution in [0.3, 0.4) is 0 Å². The van der Waals surface area contributed by atoms with Crippen LogP contribution in [0.4, 0.5) is 4.39 Å². The van der Waals surface area contributed by atoms with Crippen LogP contribution in [0.5, 0.6) is 0 Å².